The minimum atomic E-state index is -0.583. The summed E-state index contributed by atoms with van der Waals surface area (Å²) in [6.07, 6.45) is 0. The molecule has 1 aromatic heterocycles. The molecule has 1 unspecified atom stereocenters. The van der Waals surface area contributed by atoms with Crippen molar-refractivity contribution in [2.45, 2.75) is 25.8 Å². The summed E-state index contributed by atoms with van der Waals surface area (Å²) in [5, 5.41) is 17.0. The Morgan fingerprint density at radius 2 is 2.04 bits per heavy atom. The molecule has 1 aliphatic heterocycles. The Balaban J connectivity index is 1.68. The van der Waals surface area contributed by atoms with Crippen molar-refractivity contribution in [3.63, 3.8) is 0 Å². The predicted octanol–water partition coefficient (Wildman–Crippen LogP) is 1.95. The highest BCUT2D eigenvalue weighted by atomic mass is 32.1. The number of carbonyl (C=O) groups is 2. The van der Waals surface area contributed by atoms with Gasteiger partial charge in [-0.05, 0) is 11.5 Å². The lowest BCUT2D eigenvalue weighted by molar-refractivity contribution is -0.117. The summed E-state index contributed by atoms with van der Waals surface area (Å²) >= 11 is 1.30. The first-order valence-electron chi connectivity index (χ1n) is 7.32. The number of hydrogen-bond donors (Lipinski definition) is 3. The van der Waals surface area contributed by atoms with E-state index in [1.54, 1.807) is 0 Å². The lowest BCUT2D eigenvalue weighted by Gasteiger charge is -2.06. The number of urea groups is 1. The Labute approximate surface area is 137 Å². The molecule has 3 amide bonds. The van der Waals surface area contributed by atoms with E-state index in [0.717, 1.165) is 10.6 Å². The predicted molar refractivity (Wildman–Crippen MR) is 88.4 cm³/mol. The van der Waals surface area contributed by atoms with E-state index in [-0.39, 0.29) is 18.5 Å². The highest BCUT2D eigenvalue weighted by Crippen LogP contribution is 2.27. The first-order chi connectivity index (χ1) is 11.0. The van der Waals surface area contributed by atoms with Crippen LogP contribution in [-0.4, -0.2) is 34.7 Å². The Morgan fingerprint density at radius 1 is 1.30 bits per heavy atom. The summed E-state index contributed by atoms with van der Waals surface area (Å²) in [5.74, 6) is 0.171. The molecule has 0 bridgehead atoms. The largest absolute Gasteiger partial charge is 0.336 e. The zero-order valence-electron chi connectivity index (χ0n) is 12.8. The molecule has 1 saturated heterocycles. The van der Waals surface area contributed by atoms with Crippen molar-refractivity contribution in [3.05, 3.63) is 29.8 Å². The second kappa shape index (κ2) is 6.33. The van der Waals surface area contributed by atoms with Gasteiger partial charge in [0.1, 0.15) is 11.0 Å². The summed E-state index contributed by atoms with van der Waals surface area (Å²) in [6, 6.07) is 7.22. The molecule has 0 spiro atoms. The fourth-order valence-corrected chi connectivity index (χ4v) is 2.96. The average Bonchev–Trinajstić information content (AvgIpc) is 3.16. The number of anilines is 1. The van der Waals surface area contributed by atoms with E-state index in [0.29, 0.717) is 11.0 Å². The molecule has 3 N–H and O–H groups in total. The van der Waals surface area contributed by atoms with E-state index in [4.69, 9.17) is 0 Å². The van der Waals surface area contributed by atoms with Gasteiger partial charge in [-0.25, -0.2) is 4.79 Å². The monoisotopic (exact) mass is 331 g/mol. The van der Waals surface area contributed by atoms with Gasteiger partial charge >= 0.3 is 6.03 Å². The van der Waals surface area contributed by atoms with Crippen molar-refractivity contribution in [3.8, 4) is 10.6 Å². The number of nitrogens with zero attached hydrogens (tertiary/aromatic N) is 2. The molecule has 1 aliphatic rings. The molecule has 8 heteroatoms. The fourth-order valence-electron chi connectivity index (χ4n) is 2.21. The quantitative estimate of drug-likeness (QED) is 0.798. The smallest absolute Gasteiger partial charge is 0.315 e. The molecule has 1 fully saturated rings. The lowest BCUT2D eigenvalue weighted by Crippen LogP contribution is -2.38. The molecule has 0 radical (unpaired) electrons. The minimum absolute atomic E-state index is 0.271. The summed E-state index contributed by atoms with van der Waals surface area (Å²) < 4.78 is 0. The normalized spacial score (nSPS) is 17.0. The molecule has 0 aliphatic carbocycles. The van der Waals surface area contributed by atoms with Gasteiger partial charge in [-0.3, -0.25) is 10.1 Å². The summed E-state index contributed by atoms with van der Waals surface area (Å²) in [4.78, 5) is 23.0. The molecular formula is C15H17N5O2S. The van der Waals surface area contributed by atoms with Crippen LogP contribution in [-0.2, 0) is 4.79 Å². The van der Waals surface area contributed by atoms with Crippen molar-refractivity contribution in [2.75, 3.05) is 11.9 Å². The molecule has 2 heterocycles. The van der Waals surface area contributed by atoms with Gasteiger partial charge in [-0.2, -0.15) is 0 Å². The molecule has 0 saturated carbocycles. The van der Waals surface area contributed by atoms with Crippen molar-refractivity contribution in [1.82, 2.24) is 20.8 Å². The highest BCUT2D eigenvalue weighted by molar-refractivity contribution is 7.18. The van der Waals surface area contributed by atoms with Crippen molar-refractivity contribution >= 4 is 28.4 Å². The number of carbonyl (C=O) groups excluding carboxylic acids is 2. The van der Waals surface area contributed by atoms with E-state index < -0.39 is 6.04 Å². The first kappa shape index (κ1) is 15.4. The number of rotatable bonds is 4. The standard InChI is InChI=1S/C15H17N5O2S/c1-8(2)9-3-5-10(6-4-9)13-19-20-15(23-13)18-12(21)11-7-16-14(22)17-11/h3-6,8,11H,7H2,1-2H3,(H2,16,17,22)(H,18,20,21). The minimum Gasteiger partial charge on any atom is -0.336 e. The Kier molecular flexibility index (Phi) is 4.24. The summed E-state index contributed by atoms with van der Waals surface area (Å²) in [6.45, 7) is 4.56. The van der Waals surface area contributed by atoms with Gasteiger partial charge in [-0.1, -0.05) is 49.4 Å². The van der Waals surface area contributed by atoms with Crippen LogP contribution in [0, 0.1) is 0 Å². The van der Waals surface area contributed by atoms with Gasteiger partial charge in [0.25, 0.3) is 5.91 Å². The number of amides is 3. The van der Waals surface area contributed by atoms with Crippen LogP contribution in [0.2, 0.25) is 0 Å². The lowest BCUT2D eigenvalue weighted by atomic mass is 10.0. The number of nitrogens with one attached hydrogen (secondary N) is 3. The first-order valence-corrected chi connectivity index (χ1v) is 8.13. The van der Waals surface area contributed by atoms with E-state index in [1.807, 2.05) is 12.1 Å². The topological polar surface area (TPSA) is 96.0 Å². The number of aromatic nitrogens is 2. The second-order valence-corrected chi connectivity index (χ2v) is 6.56. The maximum atomic E-state index is 12.0. The van der Waals surface area contributed by atoms with Crippen molar-refractivity contribution in [1.29, 1.82) is 0 Å². The molecule has 3 rings (SSSR count). The van der Waals surface area contributed by atoms with Crippen molar-refractivity contribution < 1.29 is 9.59 Å². The fraction of sp³-hybridized carbons (Fsp3) is 0.333. The maximum Gasteiger partial charge on any atom is 0.315 e. The molecule has 1 aromatic carbocycles. The van der Waals surface area contributed by atoms with Crippen LogP contribution in [0.3, 0.4) is 0 Å². The zero-order valence-corrected chi connectivity index (χ0v) is 13.6. The SMILES string of the molecule is CC(C)c1ccc(-c2nnc(NC(=O)C3CNC(=O)N3)s2)cc1. The average molecular weight is 331 g/mol. The number of benzene rings is 1. The number of hydrogen-bond acceptors (Lipinski definition) is 5. The zero-order chi connectivity index (χ0) is 16.4. The molecule has 1 atom stereocenters. The van der Waals surface area contributed by atoms with Crippen LogP contribution in [0.15, 0.2) is 24.3 Å². The molecule has 7 nitrogen and oxygen atoms in total. The molecule has 120 valence electrons. The van der Waals surface area contributed by atoms with Crippen LogP contribution in [0.4, 0.5) is 9.93 Å². The Morgan fingerprint density at radius 3 is 2.65 bits per heavy atom. The van der Waals surface area contributed by atoms with Gasteiger partial charge in [0.2, 0.25) is 5.13 Å². The maximum absolute atomic E-state index is 12.0. The second-order valence-electron chi connectivity index (χ2n) is 5.59. The van der Waals surface area contributed by atoms with Crippen LogP contribution >= 0.6 is 11.3 Å². The van der Waals surface area contributed by atoms with Crippen LogP contribution in [0.1, 0.15) is 25.3 Å². The van der Waals surface area contributed by atoms with E-state index >= 15 is 0 Å². The molecule has 2 aromatic rings. The van der Waals surface area contributed by atoms with Crippen LogP contribution < -0.4 is 16.0 Å². The third-order valence-electron chi connectivity index (χ3n) is 3.57. The van der Waals surface area contributed by atoms with Gasteiger partial charge < -0.3 is 10.6 Å². The van der Waals surface area contributed by atoms with Crippen LogP contribution in [0.25, 0.3) is 10.6 Å². The van der Waals surface area contributed by atoms with E-state index in [1.165, 1.54) is 16.9 Å². The third kappa shape index (κ3) is 3.48. The third-order valence-corrected chi connectivity index (χ3v) is 4.46. The van der Waals surface area contributed by atoms with Gasteiger partial charge in [0.15, 0.2) is 0 Å². The van der Waals surface area contributed by atoms with Gasteiger partial charge in [0, 0.05) is 12.1 Å². The van der Waals surface area contributed by atoms with Gasteiger partial charge in [-0.15, -0.1) is 10.2 Å². The Bertz CT molecular complexity index is 726. The Hall–Kier alpha value is -2.48. The summed E-state index contributed by atoms with van der Waals surface area (Å²) in [5.41, 5.74) is 2.22. The van der Waals surface area contributed by atoms with Gasteiger partial charge in [0.05, 0.1) is 0 Å². The summed E-state index contributed by atoms with van der Waals surface area (Å²) in [7, 11) is 0. The van der Waals surface area contributed by atoms with E-state index in [9.17, 15) is 9.59 Å². The van der Waals surface area contributed by atoms with E-state index in [2.05, 4.69) is 52.1 Å². The van der Waals surface area contributed by atoms with Crippen molar-refractivity contribution in [2.24, 2.45) is 0 Å². The van der Waals surface area contributed by atoms with Crippen LogP contribution in [0.5, 0.6) is 0 Å². The highest BCUT2D eigenvalue weighted by Gasteiger charge is 2.27. The molecule has 23 heavy (non-hydrogen) atoms. The molecular weight excluding hydrogens is 314 g/mol.